The Kier molecular flexibility index (Phi) is 3.05. The molecule has 3 rings (SSSR count). The minimum Gasteiger partial charge on any atom is -0.398 e. The topological polar surface area (TPSA) is 32.5 Å². The summed E-state index contributed by atoms with van der Waals surface area (Å²) < 4.78 is 0. The molecule has 0 unspecified atom stereocenters. The average Bonchev–Trinajstić information content (AvgIpc) is 2.84. The standard InChI is InChI=1S/C17H21N3/c1-12-7-8-14(9-17(12)19(2)3)20-10-13-5-4-6-16(18)15(13)11-20/h4-9H,10-11,18H2,1-3H3. The number of aryl methyl sites for hydroxylation is 1. The summed E-state index contributed by atoms with van der Waals surface area (Å²) in [4.78, 5) is 4.55. The normalized spacial score (nSPS) is 13.4. The first-order valence-corrected chi connectivity index (χ1v) is 6.95. The van der Waals surface area contributed by atoms with E-state index in [1.165, 1.54) is 28.1 Å². The lowest BCUT2D eigenvalue weighted by Gasteiger charge is -2.22. The highest BCUT2D eigenvalue weighted by Gasteiger charge is 2.21. The van der Waals surface area contributed by atoms with Crippen molar-refractivity contribution >= 4 is 17.1 Å². The Morgan fingerprint density at radius 3 is 2.60 bits per heavy atom. The van der Waals surface area contributed by atoms with E-state index in [-0.39, 0.29) is 0 Å². The maximum Gasteiger partial charge on any atom is 0.0457 e. The van der Waals surface area contributed by atoms with E-state index in [0.29, 0.717) is 0 Å². The molecule has 2 aromatic rings. The molecular formula is C17H21N3. The molecule has 0 spiro atoms. The summed E-state index contributed by atoms with van der Waals surface area (Å²) in [5.41, 5.74) is 13.4. The van der Waals surface area contributed by atoms with Crippen LogP contribution in [0.4, 0.5) is 17.1 Å². The molecule has 20 heavy (non-hydrogen) atoms. The van der Waals surface area contributed by atoms with Gasteiger partial charge in [-0.1, -0.05) is 18.2 Å². The zero-order valence-electron chi connectivity index (χ0n) is 12.4. The van der Waals surface area contributed by atoms with Crippen molar-refractivity contribution in [1.82, 2.24) is 0 Å². The van der Waals surface area contributed by atoms with E-state index >= 15 is 0 Å². The van der Waals surface area contributed by atoms with E-state index in [1.54, 1.807) is 0 Å². The third-order valence-corrected chi connectivity index (χ3v) is 4.06. The van der Waals surface area contributed by atoms with Crippen LogP contribution in [0.5, 0.6) is 0 Å². The summed E-state index contributed by atoms with van der Waals surface area (Å²) in [6, 6.07) is 12.9. The summed E-state index contributed by atoms with van der Waals surface area (Å²) >= 11 is 0. The lowest BCUT2D eigenvalue weighted by molar-refractivity contribution is 0.880. The molecule has 0 atom stereocenters. The van der Waals surface area contributed by atoms with Gasteiger partial charge in [0.25, 0.3) is 0 Å². The van der Waals surface area contributed by atoms with Gasteiger partial charge in [-0.2, -0.15) is 0 Å². The number of hydrogen-bond donors (Lipinski definition) is 1. The zero-order valence-corrected chi connectivity index (χ0v) is 12.4. The van der Waals surface area contributed by atoms with Crippen LogP contribution < -0.4 is 15.5 Å². The van der Waals surface area contributed by atoms with Crippen LogP contribution in [0, 0.1) is 6.92 Å². The molecule has 0 saturated heterocycles. The molecule has 0 aromatic heterocycles. The van der Waals surface area contributed by atoms with E-state index in [0.717, 1.165) is 18.8 Å². The number of benzene rings is 2. The Morgan fingerprint density at radius 1 is 1.10 bits per heavy atom. The maximum atomic E-state index is 6.08. The summed E-state index contributed by atoms with van der Waals surface area (Å²) in [7, 11) is 4.17. The predicted molar refractivity (Wildman–Crippen MR) is 86.2 cm³/mol. The van der Waals surface area contributed by atoms with E-state index in [1.807, 2.05) is 12.1 Å². The maximum absolute atomic E-state index is 6.08. The van der Waals surface area contributed by atoms with Crippen molar-refractivity contribution in [3.05, 3.63) is 53.1 Å². The minimum absolute atomic E-state index is 0.901. The predicted octanol–water partition coefficient (Wildman–Crippen LogP) is 3.16. The fraction of sp³-hybridized carbons (Fsp3) is 0.294. The smallest absolute Gasteiger partial charge is 0.0457 e. The number of anilines is 3. The van der Waals surface area contributed by atoms with Gasteiger partial charge in [-0.15, -0.1) is 0 Å². The van der Waals surface area contributed by atoms with E-state index in [9.17, 15) is 0 Å². The van der Waals surface area contributed by atoms with Gasteiger partial charge in [-0.25, -0.2) is 0 Å². The van der Waals surface area contributed by atoms with Gasteiger partial charge in [0, 0.05) is 44.2 Å². The van der Waals surface area contributed by atoms with Crippen molar-refractivity contribution in [2.45, 2.75) is 20.0 Å². The van der Waals surface area contributed by atoms with E-state index in [4.69, 9.17) is 5.73 Å². The Labute approximate surface area is 120 Å². The fourth-order valence-corrected chi connectivity index (χ4v) is 2.91. The van der Waals surface area contributed by atoms with Crippen LogP contribution in [-0.4, -0.2) is 14.1 Å². The Hall–Kier alpha value is -2.16. The van der Waals surface area contributed by atoms with Crippen molar-refractivity contribution in [3.8, 4) is 0 Å². The Bertz CT molecular complexity index is 647. The molecule has 0 bridgehead atoms. The van der Waals surface area contributed by atoms with Crippen molar-refractivity contribution in [2.24, 2.45) is 0 Å². The molecule has 3 heteroatoms. The monoisotopic (exact) mass is 267 g/mol. The van der Waals surface area contributed by atoms with Crippen LogP contribution in [0.3, 0.4) is 0 Å². The third kappa shape index (κ3) is 2.09. The van der Waals surface area contributed by atoms with Gasteiger partial charge < -0.3 is 15.5 Å². The van der Waals surface area contributed by atoms with Crippen molar-refractivity contribution in [1.29, 1.82) is 0 Å². The van der Waals surface area contributed by atoms with Gasteiger partial charge in [-0.05, 0) is 41.8 Å². The quantitative estimate of drug-likeness (QED) is 0.848. The first-order chi connectivity index (χ1) is 9.56. The fourth-order valence-electron chi connectivity index (χ4n) is 2.91. The molecule has 1 heterocycles. The van der Waals surface area contributed by atoms with E-state index in [2.05, 4.69) is 55.1 Å². The second kappa shape index (κ2) is 4.75. The second-order valence-electron chi connectivity index (χ2n) is 5.71. The molecule has 2 N–H and O–H groups in total. The third-order valence-electron chi connectivity index (χ3n) is 4.06. The van der Waals surface area contributed by atoms with Gasteiger partial charge in [0.05, 0.1) is 0 Å². The lowest BCUT2D eigenvalue weighted by Crippen LogP contribution is -2.16. The van der Waals surface area contributed by atoms with Crippen molar-refractivity contribution in [3.63, 3.8) is 0 Å². The van der Waals surface area contributed by atoms with Crippen LogP contribution in [0.2, 0.25) is 0 Å². The molecule has 0 aliphatic carbocycles. The molecule has 1 aliphatic rings. The van der Waals surface area contributed by atoms with Crippen molar-refractivity contribution in [2.75, 3.05) is 29.6 Å². The molecule has 1 aliphatic heterocycles. The van der Waals surface area contributed by atoms with Gasteiger partial charge in [0.2, 0.25) is 0 Å². The second-order valence-corrected chi connectivity index (χ2v) is 5.71. The van der Waals surface area contributed by atoms with Gasteiger partial charge >= 0.3 is 0 Å². The van der Waals surface area contributed by atoms with Crippen LogP contribution in [-0.2, 0) is 13.1 Å². The zero-order chi connectivity index (χ0) is 14.3. The molecule has 104 valence electrons. The van der Waals surface area contributed by atoms with Gasteiger partial charge in [-0.3, -0.25) is 0 Å². The summed E-state index contributed by atoms with van der Waals surface area (Å²) in [6.45, 7) is 3.99. The molecule has 0 saturated carbocycles. The number of rotatable bonds is 2. The largest absolute Gasteiger partial charge is 0.398 e. The Morgan fingerprint density at radius 2 is 1.90 bits per heavy atom. The molecule has 0 amide bonds. The summed E-state index contributed by atoms with van der Waals surface area (Å²) in [5.74, 6) is 0. The lowest BCUT2D eigenvalue weighted by atomic mass is 10.1. The number of fused-ring (bicyclic) bond motifs is 1. The number of nitrogen functional groups attached to an aromatic ring is 1. The highest BCUT2D eigenvalue weighted by molar-refractivity contribution is 5.66. The van der Waals surface area contributed by atoms with E-state index < -0.39 is 0 Å². The van der Waals surface area contributed by atoms with Crippen LogP contribution in [0.15, 0.2) is 36.4 Å². The summed E-state index contributed by atoms with van der Waals surface area (Å²) in [6.07, 6.45) is 0. The molecule has 0 radical (unpaired) electrons. The number of hydrogen-bond acceptors (Lipinski definition) is 3. The van der Waals surface area contributed by atoms with Crippen molar-refractivity contribution < 1.29 is 0 Å². The molecule has 2 aromatic carbocycles. The highest BCUT2D eigenvalue weighted by atomic mass is 15.2. The number of nitrogens with two attached hydrogens (primary N) is 1. The molecule has 3 nitrogen and oxygen atoms in total. The average molecular weight is 267 g/mol. The first kappa shape index (κ1) is 12.9. The van der Waals surface area contributed by atoms with Crippen LogP contribution in [0.25, 0.3) is 0 Å². The highest BCUT2D eigenvalue weighted by Crippen LogP contribution is 2.33. The first-order valence-electron chi connectivity index (χ1n) is 6.95. The molecule has 0 fully saturated rings. The van der Waals surface area contributed by atoms with Gasteiger partial charge in [0.15, 0.2) is 0 Å². The number of nitrogens with zero attached hydrogens (tertiary/aromatic N) is 2. The van der Waals surface area contributed by atoms with Crippen LogP contribution in [0.1, 0.15) is 16.7 Å². The Balaban J connectivity index is 1.93. The van der Waals surface area contributed by atoms with Gasteiger partial charge in [0.1, 0.15) is 0 Å². The summed E-state index contributed by atoms with van der Waals surface area (Å²) in [5, 5.41) is 0. The molecular weight excluding hydrogens is 246 g/mol. The minimum atomic E-state index is 0.901. The SMILES string of the molecule is Cc1ccc(N2Cc3cccc(N)c3C2)cc1N(C)C. The van der Waals surface area contributed by atoms with Crippen LogP contribution >= 0.6 is 0 Å².